The minimum atomic E-state index is -1.17. The number of aryl methyl sites for hydroxylation is 2. The van der Waals surface area contributed by atoms with Gasteiger partial charge in [-0.3, -0.25) is 4.21 Å². The standard InChI is InChI=1S/C18H19ClN2O2S2/c1-12-7-13(2)21-18(17(12)8-20)24-9-16(22)11-25(23)10-14-3-5-15(19)6-4-14/h3-7,16,22H,9-11H2,1-2H3. The first-order chi connectivity index (χ1) is 11.9. The zero-order valence-electron chi connectivity index (χ0n) is 14.0. The van der Waals surface area contributed by atoms with E-state index in [1.54, 1.807) is 12.1 Å². The van der Waals surface area contributed by atoms with E-state index in [1.807, 2.05) is 32.0 Å². The normalized spacial score (nSPS) is 13.2. The number of pyridine rings is 1. The summed E-state index contributed by atoms with van der Waals surface area (Å²) in [6.45, 7) is 3.74. The predicted molar refractivity (Wildman–Crippen MR) is 103 cm³/mol. The van der Waals surface area contributed by atoms with Crippen LogP contribution >= 0.6 is 23.4 Å². The van der Waals surface area contributed by atoms with E-state index in [9.17, 15) is 14.6 Å². The van der Waals surface area contributed by atoms with Crippen LogP contribution in [0.5, 0.6) is 0 Å². The van der Waals surface area contributed by atoms with E-state index >= 15 is 0 Å². The summed E-state index contributed by atoms with van der Waals surface area (Å²) < 4.78 is 12.2. The number of rotatable bonds is 7. The van der Waals surface area contributed by atoms with Crippen molar-refractivity contribution in [3.8, 4) is 6.07 Å². The molecule has 2 aromatic rings. The largest absolute Gasteiger partial charge is 0.391 e. The van der Waals surface area contributed by atoms with Crippen molar-refractivity contribution in [1.29, 1.82) is 5.26 Å². The molecular weight excluding hydrogens is 376 g/mol. The Hall–Kier alpha value is -1.39. The number of aliphatic hydroxyl groups is 1. The molecule has 0 saturated heterocycles. The molecule has 0 bridgehead atoms. The van der Waals surface area contributed by atoms with Crippen LogP contribution < -0.4 is 0 Å². The molecule has 0 aliphatic rings. The van der Waals surface area contributed by atoms with E-state index in [-0.39, 0.29) is 5.75 Å². The molecule has 0 saturated carbocycles. The molecule has 1 heterocycles. The quantitative estimate of drug-likeness (QED) is 0.726. The van der Waals surface area contributed by atoms with E-state index in [4.69, 9.17) is 11.6 Å². The van der Waals surface area contributed by atoms with Gasteiger partial charge >= 0.3 is 0 Å². The van der Waals surface area contributed by atoms with E-state index in [0.717, 1.165) is 16.8 Å². The number of nitriles is 1. The maximum Gasteiger partial charge on any atom is 0.114 e. The minimum Gasteiger partial charge on any atom is -0.391 e. The number of hydrogen-bond donors (Lipinski definition) is 1. The average molecular weight is 395 g/mol. The van der Waals surface area contributed by atoms with Crippen molar-refractivity contribution in [1.82, 2.24) is 4.98 Å². The maximum atomic E-state index is 12.2. The summed E-state index contributed by atoms with van der Waals surface area (Å²) in [7, 11) is -1.17. The zero-order chi connectivity index (χ0) is 18.4. The molecule has 25 heavy (non-hydrogen) atoms. The lowest BCUT2D eigenvalue weighted by Crippen LogP contribution is -2.20. The van der Waals surface area contributed by atoms with Gasteiger partial charge in [0.15, 0.2) is 0 Å². The second-order valence-corrected chi connectivity index (χ2v) is 8.66. The predicted octanol–water partition coefficient (Wildman–Crippen LogP) is 3.63. The fourth-order valence-electron chi connectivity index (χ4n) is 2.31. The highest BCUT2D eigenvalue weighted by atomic mass is 35.5. The lowest BCUT2D eigenvalue weighted by Gasteiger charge is -2.12. The third-order valence-electron chi connectivity index (χ3n) is 3.45. The van der Waals surface area contributed by atoms with E-state index in [1.165, 1.54) is 11.8 Å². The van der Waals surface area contributed by atoms with Crippen molar-refractivity contribution in [3.05, 3.63) is 57.7 Å². The number of nitrogens with zero attached hydrogens (tertiary/aromatic N) is 2. The van der Waals surface area contributed by atoms with Gasteiger partial charge in [-0.15, -0.1) is 11.8 Å². The Morgan fingerprint density at radius 3 is 2.68 bits per heavy atom. The highest BCUT2D eigenvalue weighted by molar-refractivity contribution is 7.99. The molecule has 0 aliphatic heterocycles. The number of halogens is 1. The Bertz CT molecular complexity index is 804. The summed E-state index contributed by atoms with van der Waals surface area (Å²) in [5.74, 6) is 0.906. The molecule has 132 valence electrons. The Labute approximate surface area is 159 Å². The van der Waals surface area contributed by atoms with Crippen molar-refractivity contribution >= 4 is 34.2 Å². The van der Waals surface area contributed by atoms with Crippen LogP contribution in [0.4, 0.5) is 0 Å². The molecular formula is C18H19ClN2O2S2. The van der Waals surface area contributed by atoms with Gasteiger partial charge in [-0.2, -0.15) is 5.26 Å². The molecule has 2 rings (SSSR count). The van der Waals surface area contributed by atoms with Gasteiger partial charge in [-0.25, -0.2) is 4.98 Å². The van der Waals surface area contributed by atoms with Crippen LogP contribution in [-0.4, -0.2) is 31.9 Å². The first kappa shape index (κ1) is 19.9. The fourth-order valence-corrected chi connectivity index (χ4v) is 4.84. The second kappa shape index (κ2) is 9.35. The second-order valence-electron chi connectivity index (χ2n) is 5.71. The lowest BCUT2D eigenvalue weighted by atomic mass is 10.1. The summed E-state index contributed by atoms with van der Waals surface area (Å²) in [6.07, 6.45) is -0.729. The van der Waals surface area contributed by atoms with Crippen LogP contribution in [0.25, 0.3) is 0 Å². The molecule has 2 unspecified atom stereocenters. The molecule has 0 radical (unpaired) electrons. The number of thioether (sulfide) groups is 1. The van der Waals surface area contributed by atoms with Gasteiger partial charge < -0.3 is 5.11 Å². The van der Waals surface area contributed by atoms with E-state index in [2.05, 4.69) is 11.1 Å². The molecule has 0 aliphatic carbocycles. The highest BCUT2D eigenvalue weighted by Gasteiger charge is 2.14. The minimum absolute atomic E-state index is 0.183. The van der Waals surface area contributed by atoms with Crippen molar-refractivity contribution in [2.45, 2.75) is 30.7 Å². The van der Waals surface area contributed by atoms with Gasteiger partial charge in [0, 0.05) is 33.0 Å². The average Bonchev–Trinajstić information content (AvgIpc) is 2.54. The van der Waals surface area contributed by atoms with Crippen molar-refractivity contribution in [2.75, 3.05) is 11.5 Å². The SMILES string of the molecule is Cc1cc(C)c(C#N)c(SCC(O)CS(=O)Cc2ccc(Cl)cc2)n1. The Morgan fingerprint density at radius 2 is 2.04 bits per heavy atom. The maximum absolute atomic E-state index is 12.2. The first-order valence-electron chi connectivity index (χ1n) is 7.67. The van der Waals surface area contributed by atoms with Gasteiger partial charge in [-0.1, -0.05) is 23.7 Å². The Kier molecular flexibility index (Phi) is 7.45. The molecule has 0 amide bonds. The van der Waals surface area contributed by atoms with E-state index in [0.29, 0.717) is 27.1 Å². The third-order valence-corrected chi connectivity index (χ3v) is 6.24. The molecule has 1 aromatic heterocycles. The van der Waals surface area contributed by atoms with Crippen LogP contribution in [0.1, 0.15) is 22.4 Å². The van der Waals surface area contributed by atoms with Crippen LogP contribution in [-0.2, 0) is 16.6 Å². The van der Waals surface area contributed by atoms with Crippen molar-refractivity contribution in [3.63, 3.8) is 0 Å². The Balaban J connectivity index is 1.90. The molecule has 0 spiro atoms. The van der Waals surface area contributed by atoms with Gasteiger partial charge in [0.1, 0.15) is 11.1 Å². The molecule has 1 aromatic carbocycles. The zero-order valence-corrected chi connectivity index (χ0v) is 16.4. The van der Waals surface area contributed by atoms with Gasteiger partial charge in [0.2, 0.25) is 0 Å². The van der Waals surface area contributed by atoms with Crippen LogP contribution in [0, 0.1) is 25.2 Å². The molecule has 7 heteroatoms. The number of aliphatic hydroxyl groups excluding tert-OH is 1. The van der Waals surface area contributed by atoms with Gasteiger partial charge in [0.25, 0.3) is 0 Å². The van der Waals surface area contributed by atoms with Gasteiger partial charge in [-0.05, 0) is 43.2 Å². The summed E-state index contributed by atoms with van der Waals surface area (Å²) >= 11 is 7.15. The molecule has 1 N–H and O–H groups in total. The smallest absolute Gasteiger partial charge is 0.114 e. The summed E-state index contributed by atoms with van der Waals surface area (Å²) in [6, 6.07) is 11.2. The monoisotopic (exact) mass is 394 g/mol. The van der Waals surface area contributed by atoms with Crippen molar-refractivity contribution < 1.29 is 9.32 Å². The van der Waals surface area contributed by atoms with Crippen LogP contribution in [0.15, 0.2) is 35.4 Å². The third kappa shape index (κ3) is 6.12. The summed E-state index contributed by atoms with van der Waals surface area (Å²) in [4.78, 5) is 4.37. The van der Waals surface area contributed by atoms with Crippen LogP contribution in [0.3, 0.4) is 0 Å². The molecule has 4 nitrogen and oxygen atoms in total. The first-order valence-corrected chi connectivity index (χ1v) is 10.5. The van der Waals surface area contributed by atoms with E-state index < -0.39 is 16.9 Å². The van der Waals surface area contributed by atoms with Crippen molar-refractivity contribution in [2.24, 2.45) is 0 Å². The number of aromatic nitrogens is 1. The highest BCUT2D eigenvalue weighted by Crippen LogP contribution is 2.24. The molecule has 0 fully saturated rings. The van der Waals surface area contributed by atoms with Gasteiger partial charge in [0.05, 0.1) is 17.4 Å². The fraction of sp³-hybridized carbons (Fsp3) is 0.333. The number of benzene rings is 1. The molecule has 2 atom stereocenters. The number of hydrogen-bond acceptors (Lipinski definition) is 5. The Morgan fingerprint density at radius 1 is 1.36 bits per heavy atom. The lowest BCUT2D eigenvalue weighted by molar-refractivity contribution is 0.224. The summed E-state index contributed by atoms with van der Waals surface area (Å²) in [5.41, 5.74) is 3.16. The topological polar surface area (TPSA) is 74.0 Å². The summed E-state index contributed by atoms with van der Waals surface area (Å²) in [5, 5.41) is 20.7. The van der Waals surface area contributed by atoms with Crippen LogP contribution in [0.2, 0.25) is 5.02 Å².